The number of rotatable bonds is 5. The first kappa shape index (κ1) is 18.1. The van der Waals surface area contributed by atoms with Crippen LogP contribution in [0.1, 0.15) is 40.7 Å². The van der Waals surface area contributed by atoms with Crippen LogP contribution >= 0.6 is 0 Å². The zero-order chi connectivity index (χ0) is 19.0. The highest BCUT2D eigenvalue weighted by Gasteiger charge is 2.39. The standard InChI is InChI=1S/C19H24N4O4/c24-14-6-13(21-9-14)8-20-7-11-2-1-3-12-10-23(19(27)17(11)12)15-4-5-16(25)22-18(15)26/h1-3,13-15,20-21,24H,4-10H2,(H,22,25,26)/t13-,14+,15?/m0/s1. The largest absolute Gasteiger partial charge is 0.392 e. The number of β-amino-alcohol motifs (C(OH)–C–C–N with tert-alkyl or cyclic N) is 1. The maximum Gasteiger partial charge on any atom is 0.255 e. The number of piperidine rings is 1. The van der Waals surface area contributed by atoms with Crippen molar-refractivity contribution in [2.45, 2.75) is 50.5 Å². The van der Waals surface area contributed by atoms with Crippen LogP contribution in [0.15, 0.2) is 18.2 Å². The third-order valence-electron chi connectivity index (χ3n) is 5.54. The van der Waals surface area contributed by atoms with Gasteiger partial charge in [0.15, 0.2) is 0 Å². The van der Waals surface area contributed by atoms with Crippen LogP contribution in [0.25, 0.3) is 0 Å². The van der Waals surface area contributed by atoms with Crippen molar-refractivity contribution in [3.05, 3.63) is 34.9 Å². The summed E-state index contributed by atoms with van der Waals surface area (Å²) in [6, 6.07) is 5.40. The highest BCUT2D eigenvalue weighted by molar-refractivity contribution is 6.05. The van der Waals surface area contributed by atoms with Crippen molar-refractivity contribution in [3.8, 4) is 0 Å². The zero-order valence-corrected chi connectivity index (χ0v) is 15.0. The molecule has 8 heteroatoms. The van der Waals surface area contributed by atoms with E-state index in [1.165, 1.54) is 0 Å². The summed E-state index contributed by atoms with van der Waals surface area (Å²) in [5.41, 5.74) is 2.48. The first-order chi connectivity index (χ1) is 13.0. The van der Waals surface area contributed by atoms with Crippen molar-refractivity contribution in [1.29, 1.82) is 0 Å². The third-order valence-corrected chi connectivity index (χ3v) is 5.54. The van der Waals surface area contributed by atoms with Gasteiger partial charge in [-0.15, -0.1) is 0 Å². The lowest BCUT2D eigenvalue weighted by molar-refractivity contribution is -0.136. The van der Waals surface area contributed by atoms with Gasteiger partial charge in [-0.25, -0.2) is 0 Å². The van der Waals surface area contributed by atoms with Gasteiger partial charge in [-0.3, -0.25) is 19.7 Å². The second-order valence-electron chi connectivity index (χ2n) is 7.48. The number of nitrogens with zero attached hydrogens (tertiary/aromatic N) is 1. The van der Waals surface area contributed by atoms with E-state index in [2.05, 4.69) is 16.0 Å². The van der Waals surface area contributed by atoms with E-state index in [0.29, 0.717) is 38.2 Å². The first-order valence-electron chi connectivity index (χ1n) is 9.40. The molecule has 2 fully saturated rings. The third kappa shape index (κ3) is 3.60. The SMILES string of the molecule is O=C1CCC(N2Cc3cccc(CNC[C@@H]4C[C@@H](O)CN4)c3C2=O)C(=O)N1. The van der Waals surface area contributed by atoms with Crippen molar-refractivity contribution in [2.24, 2.45) is 0 Å². The summed E-state index contributed by atoms with van der Waals surface area (Å²) in [7, 11) is 0. The van der Waals surface area contributed by atoms with Gasteiger partial charge in [-0.1, -0.05) is 18.2 Å². The minimum atomic E-state index is -0.590. The lowest BCUT2D eigenvalue weighted by Crippen LogP contribution is -2.52. The molecule has 1 aromatic rings. The number of aliphatic hydroxyl groups is 1. The molecule has 3 aliphatic heterocycles. The van der Waals surface area contributed by atoms with E-state index in [0.717, 1.165) is 17.5 Å². The Morgan fingerprint density at radius 3 is 2.85 bits per heavy atom. The summed E-state index contributed by atoms with van der Waals surface area (Å²) in [5.74, 6) is -0.819. The minimum absolute atomic E-state index is 0.147. The predicted molar refractivity (Wildman–Crippen MR) is 96.6 cm³/mol. The maximum atomic E-state index is 13.0. The molecule has 1 aromatic carbocycles. The number of fused-ring (bicyclic) bond motifs is 1. The van der Waals surface area contributed by atoms with Crippen LogP contribution in [0.4, 0.5) is 0 Å². The lowest BCUT2D eigenvalue weighted by atomic mass is 10.0. The molecule has 0 bridgehead atoms. The number of imide groups is 1. The van der Waals surface area contributed by atoms with Crippen LogP contribution in [0.5, 0.6) is 0 Å². The molecule has 0 saturated carbocycles. The van der Waals surface area contributed by atoms with E-state index in [4.69, 9.17) is 0 Å². The average Bonchev–Trinajstić information content (AvgIpc) is 3.19. The number of benzene rings is 1. The van der Waals surface area contributed by atoms with Gasteiger partial charge in [-0.2, -0.15) is 0 Å². The molecule has 3 heterocycles. The molecular formula is C19H24N4O4. The second kappa shape index (κ2) is 7.38. The Labute approximate surface area is 157 Å². The summed E-state index contributed by atoms with van der Waals surface area (Å²) in [5, 5.41) is 18.5. The maximum absolute atomic E-state index is 13.0. The molecule has 3 aliphatic rings. The number of hydrogen-bond donors (Lipinski definition) is 4. The molecule has 2 saturated heterocycles. The normalized spacial score (nSPS) is 27.8. The average molecular weight is 372 g/mol. The van der Waals surface area contributed by atoms with Gasteiger partial charge in [0.05, 0.1) is 6.10 Å². The fourth-order valence-electron chi connectivity index (χ4n) is 4.17. The highest BCUT2D eigenvalue weighted by atomic mass is 16.3. The number of carbonyl (C=O) groups excluding carboxylic acids is 3. The van der Waals surface area contributed by atoms with Crippen molar-refractivity contribution in [2.75, 3.05) is 13.1 Å². The fourth-order valence-corrected chi connectivity index (χ4v) is 4.17. The minimum Gasteiger partial charge on any atom is -0.392 e. The van der Waals surface area contributed by atoms with Crippen LogP contribution in [0, 0.1) is 0 Å². The molecule has 0 aliphatic carbocycles. The molecule has 4 rings (SSSR count). The molecule has 3 atom stereocenters. The van der Waals surface area contributed by atoms with Crippen molar-refractivity contribution >= 4 is 17.7 Å². The lowest BCUT2D eigenvalue weighted by Gasteiger charge is -2.29. The molecular weight excluding hydrogens is 348 g/mol. The molecule has 144 valence electrons. The summed E-state index contributed by atoms with van der Waals surface area (Å²) >= 11 is 0. The Morgan fingerprint density at radius 1 is 1.26 bits per heavy atom. The second-order valence-corrected chi connectivity index (χ2v) is 7.48. The summed E-state index contributed by atoms with van der Waals surface area (Å²) < 4.78 is 0. The molecule has 8 nitrogen and oxygen atoms in total. The number of nitrogens with one attached hydrogen (secondary N) is 3. The van der Waals surface area contributed by atoms with Gasteiger partial charge >= 0.3 is 0 Å². The molecule has 0 radical (unpaired) electrons. The molecule has 0 spiro atoms. The van der Waals surface area contributed by atoms with Crippen LogP contribution in [0.3, 0.4) is 0 Å². The topological polar surface area (TPSA) is 111 Å². The van der Waals surface area contributed by atoms with Gasteiger partial charge in [-0.05, 0) is 24.0 Å². The Kier molecular flexibility index (Phi) is 4.94. The first-order valence-corrected chi connectivity index (χ1v) is 9.40. The van der Waals surface area contributed by atoms with Crippen molar-refractivity contribution < 1.29 is 19.5 Å². The van der Waals surface area contributed by atoms with Gasteiger partial charge in [0, 0.05) is 44.2 Å². The molecule has 1 unspecified atom stereocenters. The van der Waals surface area contributed by atoms with E-state index in [-0.39, 0.29) is 30.4 Å². The fraction of sp³-hybridized carbons (Fsp3) is 0.526. The predicted octanol–water partition coefficient (Wildman–Crippen LogP) is -0.740. The summed E-state index contributed by atoms with van der Waals surface area (Å²) in [6.07, 6.45) is 1.06. The van der Waals surface area contributed by atoms with Crippen LogP contribution < -0.4 is 16.0 Å². The van der Waals surface area contributed by atoms with Gasteiger partial charge < -0.3 is 20.6 Å². The van der Waals surface area contributed by atoms with Crippen LogP contribution in [-0.4, -0.2) is 59.0 Å². The zero-order valence-electron chi connectivity index (χ0n) is 15.0. The van der Waals surface area contributed by atoms with E-state index in [1.54, 1.807) is 4.90 Å². The van der Waals surface area contributed by atoms with Gasteiger partial charge in [0.1, 0.15) is 6.04 Å². The van der Waals surface area contributed by atoms with Gasteiger partial charge in [0.2, 0.25) is 11.8 Å². The highest BCUT2D eigenvalue weighted by Crippen LogP contribution is 2.29. The molecule has 3 amide bonds. The Bertz CT molecular complexity index is 781. The number of amides is 3. The quantitative estimate of drug-likeness (QED) is 0.507. The van der Waals surface area contributed by atoms with E-state index in [9.17, 15) is 19.5 Å². The van der Waals surface area contributed by atoms with Crippen molar-refractivity contribution in [1.82, 2.24) is 20.9 Å². The van der Waals surface area contributed by atoms with Crippen LogP contribution in [0.2, 0.25) is 0 Å². The Balaban J connectivity index is 1.43. The number of hydrogen-bond acceptors (Lipinski definition) is 6. The monoisotopic (exact) mass is 372 g/mol. The van der Waals surface area contributed by atoms with E-state index in [1.807, 2.05) is 18.2 Å². The summed E-state index contributed by atoms with van der Waals surface area (Å²) in [6.45, 7) is 2.27. The molecule has 4 N–H and O–H groups in total. The molecule has 27 heavy (non-hydrogen) atoms. The number of aliphatic hydroxyl groups excluding tert-OH is 1. The van der Waals surface area contributed by atoms with Gasteiger partial charge in [0.25, 0.3) is 5.91 Å². The Morgan fingerprint density at radius 2 is 2.11 bits per heavy atom. The van der Waals surface area contributed by atoms with E-state index < -0.39 is 11.9 Å². The molecule has 0 aromatic heterocycles. The van der Waals surface area contributed by atoms with Crippen molar-refractivity contribution in [3.63, 3.8) is 0 Å². The van der Waals surface area contributed by atoms with Crippen LogP contribution in [-0.2, 0) is 22.7 Å². The Hall–Kier alpha value is -2.29. The summed E-state index contributed by atoms with van der Waals surface area (Å²) in [4.78, 5) is 38.1. The smallest absolute Gasteiger partial charge is 0.255 e. The number of carbonyl (C=O) groups is 3. The van der Waals surface area contributed by atoms with E-state index >= 15 is 0 Å².